The van der Waals surface area contributed by atoms with Crippen LogP contribution in [-0.4, -0.2) is 28.4 Å². The molecule has 0 saturated carbocycles. The lowest BCUT2D eigenvalue weighted by molar-refractivity contribution is 0.171. The molecular weight excluding hydrogens is 360 g/mol. The summed E-state index contributed by atoms with van der Waals surface area (Å²) in [6, 6.07) is 14.0. The first-order valence-electron chi connectivity index (χ1n) is 8.86. The molecule has 1 aromatic heterocycles. The van der Waals surface area contributed by atoms with Crippen molar-refractivity contribution in [1.82, 2.24) is 9.13 Å². The highest BCUT2D eigenvalue weighted by Gasteiger charge is 2.18. The summed E-state index contributed by atoms with van der Waals surface area (Å²) >= 11 is 0. The molecule has 0 unspecified atom stereocenters. The molecule has 2 aromatic carbocycles. The van der Waals surface area contributed by atoms with E-state index in [1.54, 1.807) is 36.7 Å². The van der Waals surface area contributed by atoms with Crippen LogP contribution >= 0.6 is 0 Å². The van der Waals surface area contributed by atoms with Gasteiger partial charge < -0.3 is 14.8 Å². The number of amides is 2. The van der Waals surface area contributed by atoms with Crippen LogP contribution in [0.1, 0.15) is 5.69 Å². The summed E-state index contributed by atoms with van der Waals surface area (Å²) in [4.78, 5) is 25.1. The lowest BCUT2D eigenvalue weighted by Crippen LogP contribution is -2.24. The number of imidazole rings is 1. The fourth-order valence-corrected chi connectivity index (χ4v) is 3.18. The Labute approximate surface area is 161 Å². The number of hydrogen-bond donors (Lipinski definition) is 2. The summed E-state index contributed by atoms with van der Waals surface area (Å²) in [5.41, 5.74) is 1.70. The number of rotatable bonds is 3. The zero-order chi connectivity index (χ0) is 19.7. The number of para-hydroxylation sites is 1. The number of anilines is 2. The average Bonchev–Trinajstić information content (AvgIpc) is 2.92. The molecule has 0 spiro atoms. The monoisotopic (exact) mass is 380 g/mol. The number of carbonyl (C=O) groups excluding carboxylic acids is 1. The summed E-state index contributed by atoms with van der Waals surface area (Å²) in [6.07, 6.45) is 0. The predicted molar refractivity (Wildman–Crippen MR) is 106 cm³/mol. The minimum atomic E-state index is -0.458. The van der Waals surface area contributed by atoms with Gasteiger partial charge in [0.25, 0.3) is 0 Å². The van der Waals surface area contributed by atoms with E-state index in [0.29, 0.717) is 41.9 Å². The first kappa shape index (κ1) is 17.7. The molecule has 0 bridgehead atoms. The van der Waals surface area contributed by atoms with Crippen molar-refractivity contribution in [2.45, 2.75) is 6.92 Å². The standard InChI is InChI=1S/C20H20N4O4/c1-13-18(23(2)20(26)24(13)15-6-4-3-5-7-15)22-19(25)21-14-8-9-16-17(12-14)28-11-10-27-16/h3-9,12H,10-11H2,1-2H3,(H2,21,22,25). The molecule has 2 amide bonds. The third-order valence-corrected chi connectivity index (χ3v) is 4.54. The summed E-state index contributed by atoms with van der Waals surface area (Å²) < 4.78 is 14.0. The molecule has 144 valence electrons. The molecule has 4 rings (SSSR count). The number of aromatic nitrogens is 2. The number of nitrogens with zero attached hydrogens (tertiary/aromatic N) is 2. The van der Waals surface area contributed by atoms with Crippen molar-refractivity contribution < 1.29 is 14.3 Å². The Morgan fingerprint density at radius 3 is 2.46 bits per heavy atom. The number of ether oxygens (including phenoxy) is 2. The fourth-order valence-electron chi connectivity index (χ4n) is 3.18. The molecule has 8 heteroatoms. The van der Waals surface area contributed by atoms with Gasteiger partial charge in [0.1, 0.15) is 19.0 Å². The van der Waals surface area contributed by atoms with Gasteiger partial charge in [-0.25, -0.2) is 9.59 Å². The van der Waals surface area contributed by atoms with Gasteiger partial charge in [-0.15, -0.1) is 0 Å². The molecule has 2 heterocycles. The van der Waals surface area contributed by atoms with Crippen molar-refractivity contribution in [3.8, 4) is 17.2 Å². The van der Waals surface area contributed by atoms with Gasteiger partial charge in [-0.05, 0) is 31.2 Å². The lowest BCUT2D eigenvalue weighted by Gasteiger charge is -2.19. The van der Waals surface area contributed by atoms with Crippen LogP contribution in [0.4, 0.5) is 16.3 Å². The van der Waals surface area contributed by atoms with Crippen LogP contribution in [0.15, 0.2) is 53.3 Å². The maximum Gasteiger partial charge on any atom is 0.334 e. The minimum absolute atomic E-state index is 0.238. The minimum Gasteiger partial charge on any atom is -0.486 e. The Bertz CT molecular complexity index is 1090. The smallest absolute Gasteiger partial charge is 0.334 e. The molecule has 28 heavy (non-hydrogen) atoms. The SMILES string of the molecule is Cc1c(NC(=O)Nc2ccc3c(c2)OCCO3)n(C)c(=O)n1-c1ccccc1. The Morgan fingerprint density at radius 2 is 1.71 bits per heavy atom. The van der Waals surface area contributed by atoms with Crippen molar-refractivity contribution in [3.05, 3.63) is 64.7 Å². The van der Waals surface area contributed by atoms with Crippen molar-refractivity contribution in [3.63, 3.8) is 0 Å². The molecule has 1 aliphatic rings. The van der Waals surface area contributed by atoms with E-state index in [4.69, 9.17) is 9.47 Å². The predicted octanol–water partition coefficient (Wildman–Crippen LogP) is 2.90. The zero-order valence-corrected chi connectivity index (χ0v) is 15.6. The van der Waals surface area contributed by atoms with Gasteiger partial charge in [-0.2, -0.15) is 0 Å². The van der Waals surface area contributed by atoms with Crippen molar-refractivity contribution >= 4 is 17.5 Å². The molecule has 0 fully saturated rings. The number of urea groups is 1. The number of nitrogens with one attached hydrogen (secondary N) is 2. The van der Waals surface area contributed by atoms with Gasteiger partial charge in [0.15, 0.2) is 11.5 Å². The highest BCUT2D eigenvalue weighted by atomic mass is 16.6. The molecule has 2 N–H and O–H groups in total. The van der Waals surface area contributed by atoms with Crippen LogP contribution in [0.3, 0.4) is 0 Å². The molecule has 0 aliphatic carbocycles. The van der Waals surface area contributed by atoms with Crippen LogP contribution in [0.2, 0.25) is 0 Å². The fraction of sp³-hybridized carbons (Fsp3) is 0.200. The number of fused-ring (bicyclic) bond motifs is 1. The maximum atomic E-state index is 12.6. The van der Waals surface area contributed by atoms with Gasteiger partial charge in [-0.3, -0.25) is 14.5 Å². The first-order valence-corrected chi connectivity index (χ1v) is 8.86. The van der Waals surface area contributed by atoms with Crippen molar-refractivity contribution in [1.29, 1.82) is 0 Å². The molecular formula is C20H20N4O4. The number of benzene rings is 2. The van der Waals surface area contributed by atoms with Crippen molar-refractivity contribution in [2.24, 2.45) is 7.05 Å². The zero-order valence-electron chi connectivity index (χ0n) is 15.6. The van der Waals surface area contributed by atoms with Crippen LogP contribution in [0.5, 0.6) is 11.5 Å². The van der Waals surface area contributed by atoms with Gasteiger partial charge >= 0.3 is 11.7 Å². The number of hydrogen-bond acceptors (Lipinski definition) is 4. The Hall–Kier alpha value is -3.68. The third kappa shape index (κ3) is 3.20. The third-order valence-electron chi connectivity index (χ3n) is 4.54. The van der Waals surface area contributed by atoms with E-state index < -0.39 is 6.03 Å². The van der Waals surface area contributed by atoms with Crippen LogP contribution in [0.25, 0.3) is 5.69 Å². The van der Waals surface area contributed by atoms with E-state index in [-0.39, 0.29) is 5.69 Å². The quantitative estimate of drug-likeness (QED) is 0.732. The van der Waals surface area contributed by atoms with Gasteiger partial charge in [0.05, 0.1) is 11.4 Å². The van der Waals surface area contributed by atoms with Crippen LogP contribution in [-0.2, 0) is 7.05 Å². The van der Waals surface area contributed by atoms with E-state index in [1.807, 2.05) is 30.3 Å². The second-order valence-electron chi connectivity index (χ2n) is 6.38. The van der Waals surface area contributed by atoms with Crippen LogP contribution in [0, 0.1) is 6.92 Å². The topological polar surface area (TPSA) is 86.5 Å². The molecule has 3 aromatic rings. The molecule has 1 aliphatic heterocycles. The second-order valence-corrected chi connectivity index (χ2v) is 6.38. The van der Waals surface area contributed by atoms with Gasteiger partial charge in [0, 0.05) is 18.8 Å². The largest absolute Gasteiger partial charge is 0.486 e. The van der Waals surface area contributed by atoms with E-state index in [1.165, 1.54) is 4.57 Å². The summed E-state index contributed by atoms with van der Waals surface area (Å²) in [6.45, 7) is 2.76. The van der Waals surface area contributed by atoms with Crippen molar-refractivity contribution in [2.75, 3.05) is 23.8 Å². The van der Waals surface area contributed by atoms with Gasteiger partial charge in [-0.1, -0.05) is 18.2 Å². The molecule has 0 atom stereocenters. The van der Waals surface area contributed by atoms with E-state index in [9.17, 15) is 9.59 Å². The normalized spacial score (nSPS) is 12.5. The highest BCUT2D eigenvalue weighted by molar-refractivity contribution is 5.99. The summed E-state index contributed by atoms with van der Waals surface area (Å²) in [5.74, 6) is 1.65. The summed E-state index contributed by atoms with van der Waals surface area (Å²) in [7, 11) is 1.62. The highest BCUT2D eigenvalue weighted by Crippen LogP contribution is 2.32. The Morgan fingerprint density at radius 1 is 1.00 bits per heavy atom. The Kier molecular flexibility index (Phi) is 4.52. The van der Waals surface area contributed by atoms with E-state index >= 15 is 0 Å². The van der Waals surface area contributed by atoms with E-state index in [0.717, 1.165) is 5.69 Å². The van der Waals surface area contributed by atoms with Crippen LogP contribution < -0.4 is 25.8 Å². The van der Waals surface area contributed by atoms with Gasteiger partial charge in [0.2, 0.25) is 0 Å². The first-order chi connectivity index (χ1) is 13.5. The molecule has 0 radical (unpaired) electrons. The second kappa shape index (κ2) is 7.15. The number of carbonyl (C=O) groups is 1. The molecule has 0 saturated heterocycles. The maximum absolute atomic E-state index is 12.6. The Balaban J connectivity index is 1.56. The lowest BCUT2D eigenvalue weighted by atomic mass is 10.2. The molecule has 8 nitrogen and oxygen atoms in total. The van der Waals surface area contributed by atoms with E-state index in [2.05, 4.69) is 10.6 Å². The average molecular weight is 380 g/mol. The summed E-state index contributed by atoms with van der Waals surface area (Å²) in [5, 5.41) is 5.51.